The molecule has 1 heterocycles. The van der Waals surface area contributed by atoms with E-state index in [1.165, 1.54) is 0 Å². The molecular formula is C7H6F6N4O. The van der Waals surface area contributed by atoms with E-state index < -0.39 is 36.5 Å². The summed E-state index contributed by atoms with van der Waals surface area (Å²) < 4.78 is 76.4. The molecule has 1 rings (SSSR count). The molecule has 0 spiro atoms. The van der Waals surface area contributed by atoms with E-state index in [1.54, 1.807) is 5.43 Å². The molecule has 1 aromatic rings. The Morgan fingerprint density at radius 3 is 2.22 bits per heavy atom. The molecule has 0 amide bonds. The third kappa shape index (κ3) is 4.24. The quantitative estimate of drug-likeness (QED) is 0.499. The summed E-state index contributed by atoms with van der Waals surface area (Å²) >= 11 is 0. The van der Waals surface area contributed by atoms with Crippen LogP contribution in [0.1, 0.15) is 5.82 Å². The van der Waals surface area contributed by atoms with Crippen molar-refractivity contribution in [1.29, 1.82) is 0 Å². The van der Waals surface area contributed by atoms with Gasteiger partial charge in [0.2, 0.25) is 11.7 Å². The van der Waals surface area contributed by atoms with Gasteiger partial charge in [-0.05, 0) is 0 Å². The average Bonchev–Trinajstić information content (AvgIpc) is 2.24. The molecule has 102 valence electrons. The first kappa shape index (κ1) is 14.3. The second-order valence-electron chi connectivity index (χ2n) is 2.96. The lowest BCUT2D eigenvalue weighted by Gasteiger charge is -2.11. The molecular weight excluding hydrogens is 270 g/mol. The number of hydrazine groups is 1. The van der Waals surface area contributed by atoms with Gasteiger partial charge < -0.3 is 10.2 Å². The highest BCUT2D eigenvalue weighted by Crippen LogP contribution is 2.29. The van der Waals surface area contributed by atoms with Crippen molar-refractivity contribution in [3.63, 3.8) is 0 Å². The van der Waals surface area contributed by atoms with E-state index in [0.717, 1.165) is 0 Å². The largest absolute Gasteiger partial charge is 0.468 e. The smallest absolute Gasteiger partial charge is 0.451 e. The van der Waals surface area contributed by atoms with Crippen molar-refractivity contribution < 1.29 is 31.1 Å². The van der Waals surface area contributed by atoms with Crippen LogP contribution in [0, 0.1) is 0 Å². The summed E-state index contributed by atoms with van der Waals surface area (Å²) in [6, 6.07) is 0.709. The van der Waals surface area contributed by atoms with Crippen LogP contribution in [0.4, 0.5) is 32.2 Å². The second kappa shape index (κ2) is 4.84. The number of anilines is 1. The van der Waals surface area contributed by atoms with E-state index in [-0.39, 0.29) is 0 Å². The number of hydrogen-bond acceptors (Lipinski definition) is 5. The van der Waals surface area contributed by atoms with Crippen LogP contribution in [0.5, 0.6) is 5.88 Å². The number of aromatic nitrogens is 2. The number of ether oxygens (including phenoxy) is 1. The van der Waals surface area contributed by atoms with Gasteiger partial charge in [-0.2, -0.15) is 31.3 Å². The van der Waals surface area contributed by atoms with Crippen LogP contribution in [0.2, 0.25) is 0 Å². The highest BCUT2D eigenvalue weighted by Gasteiger charge is 2.36. The number of nitrogens with zero attached hydrogens (tertiary/aromatic N) is 2. The number of nitrogens with one attached hydrogen (secondary N) is 1. The number of nitrogen functional groups attached to an aromatic ring is 1. The summed E-state index contributed by atoms with van der Waals surface area (Å²) in [6.45, 7) is -1.77. The van der Waals surface area contributed by atoms with Crippen molar-refractivity contribution in [3.8, 4) is 5.88 Å². The summed E-state index contributed by atoms with van der Waals surface area (Å²) in [5.41, 5.74) is 1.76. The fourth-order valence-corrected chi connectivity index (χ4v) is 0.855. The van der Waals surface area contributed by atoms with E-state index in [0.29, 0.717) is 6.07 Å². The molecule has 18 heavy (non-hydrogen) atoms. The third-order valence-corrected chi connectivity index (χ3v) is 1.49. The fourth-order valence-electron chi connectivity index (χ4n) is 0.855. The van der Waals surface area contributed by atoms with E-state index in [4.69, 9.17) is 5.84 Å². The number of hydrogen-bond donors (Lipinski definition) is 2. The Bertz CT molecular complexity index is 417. The van der Waals surface area contributed by atoms with Crippen LogP contribution < -0.4 is 16.0 Å². The molecule has 0 unspecified atom stereocenters. The Labute approximate surface area is 95.9 Å². The molecule has 1 aromatic heterocycles. The van der Waals surface area contributed by atoms with Crippen LogP contribution in [0.25, 0.3) is 0 Å². The highest BCUT2D eigenvalue weighted by molar-refractivity contribution is 5.37. The van der Waals surface area contributed by atoms with Gasteiger partial charge in [-0.25, -0.2) is 10.8 Å². The maximum atomic E-state index is 12.3. The molecule has 11 heteroatoms. The molecule has 0 atom stereocenters. The predicted octanol–water partition coefficient (Wildman–Crippen LogP) is 1.72. The Morgan fingerprint density at radius 1 is 1.17 bits per heavy atom. The van der Waals surface area contributed by atoms with E-state index in [9.17, 15) is 26.3 Å². The zero-order valence-electron chi connectivity index (χ0n) is 8.43. The van der Waals surface area contributed by atoms with Gasteiger partial charge in [0, 0.05) is 6.07 Å². The standard InChI is InChI=1S/C7H6F6N4O/c8-6(9,10)2-18-4-1-3(17-14)15-5(16-4)7(11,12)13/h1H,2,14H2,(H,15,16,17). The molecule has 0 radical (unpaired) electrons. The van der Waals surface area contributed by atoms with Gasteiger partial charge in [-0.1, -0.05) is 0 Å². The lowest BCUT2D eigenvalue weighted by atomic mass is 10.5. The van der Waals surface area contributed by atoms with Gasteiger partial charge in [0.25, 0.3) is 0 Å². The first-order chi connectivity index (χ1) is 8.12. The fraction of sp³-hybridized carbons (Fsp3) is 0.429. The average molecular weight is 276 g/mol. The topological polar surface area (TPSA) is 73.1 Å². The molecule has 5 nitrogen and oxygen atoms in total. The molecule has 0 saturated carbocycles. The number of rotatable bonds is 3. The summed E-state index contributed by atoms with van der Waals surface area (Å²) in [7, 11) is 0. The Kier molecular flexibility index (Phi) is 3.84. The maximum Gasteiger partial charge on any atom is 0.451 e. The minimum Gasteiger partial charge on any atom is -0.468 e. The van der Waals surface area contributed by atoms with Gasteiger partial charge in [0.1, 0.15) is 5.82 Å². The van der Waals surface area contributed by atoms with Crippen molar-refractivity contribution in [3.05, 3.63) is 11.9 Å². The molecule has 0 bridgehead atoms. The first-order valence-corrected chi connectivity index (χ1v) is 4.24. The van der Waals surface area contributed by atoms with Crippen LogP contribution in [0.15, 0.2) is 6.07 Å². The Hall–Kier alpha value is -1.78. The number of nitrogens with two attached hydrogens (primary N) is 1. The SMILES string of the molecule is NNc1cc(OCC(F)(F)F)nc(C(F)(F)F)n1. The minimum atomic E-state index is -4.93. The Balaban J connectivity index is 2.98. The zero-order chi connectivity index (χ0) is 14.0. The van der Waals surface area contributed by atoms with Crippen molar-refractivity contribution in [2.75, 3.05) is 12.0 Å². The van der Waals surface area contributed by atoms with Crippen LogP contribution >= 0.6 is 0 Å². The summed E-state index contributed by atoms with van der Waals surface area (Å²) in [5, 5.41) is 0. The molecule has 0 aliphatic carbocycles. The molecule has 0 saturated heterocycles. The van der Waals surface area contributed by atoms with Gasteiger partial charge in [0.05, 0.1) is 0 Å². The Morgan fingerprint density at radius 2 is 1.78 bits per heavy atom. The zero-order valence-corrected chi connectivity index (χ0v) is 8.43. The van der Waals surface area contributed by atoms with Gasteiger partial charge >= 0.3 is 12.4 Å². The van der Waals surface area contributed by atoms with Crippen molar-refractivity contribution in [2.24, 2.45) is 5.84 Å². The van der Waals surface area contributed by atoms with E-state index in [2.05, 4.69) is 14.7 Å². The van der Waals surface area contributed by atoms with Gasteiger partial charge in [0.15, 0.2) is 6.61 Å². The van der Waals surface area contributed by atoms with Crippen LogP contribution in [-0.4, -0.2) is 22.8 Å². The molecule has 3 N–H and O–H groups in total. The van der Waals surface area contributed by atoms with Crippen molar-refractivity contribution in [2.45, 2.75) is 12.4 Å². The third-order valence-electron chi connectivity index (χ3n) is 1.49. The minimum absolute atomic E-state index is 0.519. The van der Waals surface area contributed by atoms with Crippen molar-refractivity contribution in [1.82, 2.24) is 9.97 Å². The number of alkyl halides is 6. The lowest BCUT2D eigenvalue weighted by molar-refractivity contribution is -0.155. The molecule has 0 aliphatic heterocycles. The monoisotopic (exact) mass is 276 g/mol. The second-order valence-corrected chi connectivity index (χ2v) is 2.96. The summed E-state index contributed by atoms with van der Waals surface area (Å²) in [5.74, 6) is 1.76. The van der Waals surface area contributed by atoms with Gasteiger partial charge in [-0.3, -0.25) is 0 Å². The lowest BCUT2D eigenvalue weighted by Crippen LogP contribution is -2.21. The molecule has 0 aliphatic rings. The maximum absolute atomic E-state index is 12.3. The number of halogens is 6. The van der Waals surface area contributed by atoms with Gasteiger partial charge in [-0.15, -0.1) is 0 Å². The van der Waals surface area contributed by atoms with E-state index in [1.807, 2.05) is 0 Å². The van der Waals surface area contributed by atoms with Crippen LogP contribution in [0.3, 0.4) is 0 Å². The van der Waals surface area contributed by atoms with Crippen molar-refractivity contribution >= 4 is 5.82 Å². The summed E-state index contributed by atoms with van der Waals surface area (Å²) in [6.07, 6.45) is -9.62. The first-order valence-electron chi connectivity index (χ1n) is 4.24. The predicted molar refractivity (Wildman–Crippen MR) is 46.4 cm³/mol. The highest BCUT2D eigenvalue weighted by atomic mass is 19.4. The molecule has 0 aromatic carbocycles. The summed E-state index contributed by atoms with van der Waals surface area (Å²) in [4.78, 5) is 5.74. The van der Waals surface area contributed by atoms with Crippen LogP contribution in [-0.2, 0) is 6.18 Å². The normalized spacial score (nSPS) is 12.4. The molecule has 0 fully saturated rings. The van der Waals surface area contributed by atoms with E-state index >= 15 is 0 Å².